The molecule has 0 aliphatic heterocycles. The highest BCUT2D eigenvalue weighted by Crippen LogP contribution is 2.24. The lowest BCUT2D eigenvalue weighted by atomic mass is 10.1. The lowest BCUT2D eigenvalue weighted by Gasteiger charge is -2.10. The number of nitrogens with zero attached hydrogens (tertiary/aromatic N) is 1. The van der Waals surface area contributed by atoms with Crippen LogP contribution in [0.2, 0.25) is 0 Å². The summed E-state index contributed by atoms with van der Waals surface area (Å²) >= 11 is 6.66. The molecule has 0 radical (unpaired) electrons. The molecule has 0 aliphatic carbocycles. The fraction of sp³-hybridized carbons (Fsp3) is 0.111. The van der Waals surface area contributed by atoms with E-state index in [-0.39, 0.29) is 12.2 Å². The summed E-state index contributed by atoms with van der Waals surface area (Å²) in [6, 6.07) is 10.9. The van der Waals surface area contributed by atoms with E-state index in [1.165, 1.54) is 17.4 Å². The van der Waals surface area contributed by atoms with Gasteiger partial charge in [-0.3, -0.25) is 4.79 Å². The predicted molar refractivity (Wildman–Crippen MR) is 98.3 cm³/mol. The number of hydrogen-bond donors (Lipinski definition) is 1. The van der Waals surface area contributed by atoms with Crippen LogP contribution in [0.1, 0.15) is 5.56 Å². The lowest BCUT2D eigenvalue weighted by Crippen LogP contribution is -2.20. The van der Waals surface area contributed by atoms with Gasteiger partial charge in [0.15, 0.2) is 3.95 Å². The van der Waals surface area contributed by atoms with E-state index in [2.05, 4.69) is 5.32 Å². The summed E-state index contributed by atoms with van der Waals surface area (Å²) in [6.07, 6.45) is 0. The second kappa shape index (κ2) is 7.25. The Bertz CT molecular complexity index is 977. The fourth-order valence-electron chi connectivity index (χ4n) is 2.35. The van der Waals surface area contributed by atoms with Gasteiger partial charge in [-0.25, -0.2) is 8.78 Å². The van der Waals surface area contributed by atoms with Crippen LogP contribution in [-0.2, 0) is 11.3 Å². The molecule has 3 nitrogen and oxygen atoms in total. The zero-order valence-corrected chi connectivity index (χ0v) is 14.9. The summed E-state index contributed by atoms with van der Waals surface area (Å²) in [7, 11) is 0. The van der Waals surface area contributed by atoms with Crippen LogP contribution in [0.3, 0.4) is 0 Å². The molecule has 0 unspecified atom stereocenters. The number of nitrogens with one attached hydrogen (secondary N) is 1. The topological polar surface area (TPSA) is 34.0 Å². The summed E-state index contributed by atoms with van der Waals surface area (Å²) in [6.45, 7) is 1.94. The van der Waals surface area contributed by atoms with Gasteiger partial charge in [-0.2, -0.15) is 0 Å². The van der Waals surface area contributed by atoms with Crippen molar-refractivity contribution >= 4 is 35.1 Å². The molecule has 7 heteroatoms. The van der Waals surface area contributed by atoms with Gasteiger partial charge >= 0.3 is 0 Å². The van der Waals surface area contributed by atoms with Crippen LogP contribution in [-0.4, -0.2) is 10.5 Å². The number of benzene rings is 2. The number of rotatable bonds is 4. The Kier molecular flexibility index (Phi) is 5.06. The van der Waals surface area contributed by atoms with Crippen molar-refractivity contribution in [2.24, 2.45) is 0 Å². The smallest absolute Gasteiger partial charge is 0.244 e. The molecule has 1 N–H and O–H groups in total. The standard InChI is InChI=1S/C18H14F2N2OS2/c1-11-2-4-12(5-3-11)16-10-25-18(24)22(16)9-17(23)21-15-7-6-13(19)8-14(15)20/h2-8,10H,9H2,1H3,(H,21,23). The minimum Gasteiger partial charge on any atom is -0.322 e. The second-order valence-corrected chi connectivity index (χ2v) is 7.01. The van der Waals surface area contributed by atoms with Gasteiger partial charge in [-0.1, -0.05) is 29.8 Å². The third-order valence-corrected chi connectivity index (χ3v) is 4.91. The number of carbonyl (C=O) groups is 1. The van der Waals surface area contributed by atoms with Crippen molar-refractivity contribution < 1.29 is 13.6 Å². The molecule has 0 aliphatic rings. The molecular weight excluding hydrogens is 362 g/mol. The summed E-state index contributed by atoms with van der Waals surface area (Å²) in [5.74, 6) is -1.95. The number of amides is 1. The number of carbonyl (C=O) groups excluding carboxylic acids is 1. The molecule has 0 saturated carbocycles. The summed E-state index contributed by atoms with van der Waals surface area (Å²) in [5, 5.41) is 4.34. The van der Waals surface area contributed by atoms with Crippen LogP contribution in [0, 0.1) is 22.5 Å². The van der Waals surface area contributed by atoms with E-state index in [1.807, 2.05) is 36.6 Å². The molecule has 3 aromatic rings. The Labute approximate surface area is 152 Å². The summed E-state index contributed by atoms with van der Waals surface area (Å²) in [4.78, 5) is 12.3. The Hall–Kier alpha value is -2.38. The average Bonchev–Trinajstić information content (AvgIpc) is 2.92. The summed E-state index contributed by atoms with van der Waals surface area (Å²) < 4.78 is 28.9. The van der Waals surface area contributed by atoms with Crippen LogP contribution >= 0.6 is 23.6 Å². The summed E-state index contributed by atoms with van der Waals surface area (Å²) in [5.41, 5.74) is 2.84. The normalized spacial score (nSPS) is 10.7. The molecule has 0 atom stereocenters. The molecule has 3 rings (SSSR count). The zero-order chi connectivity index (χ0) is 18.0. The van der Waals surface area contributed by atoms with Gasteiger partial charge in [0.25, 0.3) is 0 Å². The highest BCUT2D eigenvalue weighted by atomic mass is 32.1. The maximum Gasteiger partial charge on any atom is 0.244 e. The average molecular weight is 376 g/mol. The minimum absolute atomic E-state index is 0.0532. The van der Waals surface area contributed by atoms with Crippen LogP contribution in [0.4, 0.5) is 14.5 Å². The number of aryl methyl sites for hydroxylation is 1. The molecule has 0 spiro atoms. The van der Waals surface area contributed by atoms with Crippen molar-refractivity contribution in [3.8, 4) is 11.3 Å². The molecule has 25 heavy (non-hydrogen) atoms. The largest absolute Gasteiger partial charge is 0.322 e. The lowest BCUT2D eigenvalue weighted by molar-refractivity contribution is -0.116. The van der Waals surface area contributed by atoms with Gasteiger partial charge in [0.05, 0.1) is 11.4 Å². The second-order valence-electron chi connectivity index (χ2n) is 5.51. The molecule has 0 bridgehead atoms. The van der Waals surface area contributed by atoms with Gasteiger partial charge in [0, 0.05) is 11.4 Å². The van der Waals surface area contributed by atoms with Crippen LogP contribution in [0.25, 0.3) is 11.3 Å². The molecular formula is C18H14F2N2OS2. The van der Waals surface area contributed by atoms with Crippen molar-refractivity contribution in [2.75, 3.05) is 5.32 Å². The van der Waals surface area contributed by atoms with Crippen LogP contribution in [0.5, 0.6) is 0 Å². The Morgan fingerprint density at radius 2 is 1.92 bits per heavy atom. The first-order valence-electron chi connectivity index (χ1n) is 7.44. The molecule has 0 saturated heterocycles. The van der Waals surface area contributed by atoms with Gasteiger partial charge in [0.1, 0.15) is 18.2 Å². The van der Waals surface area contributed by atoms with E-state index in [0.29, 0.717) is 3.95 Å². The van der Waals surface area contributed by atoms with E-state index in [1.54, 1.807) is 4.57 Å². The SMILES string of the molecule is Cc1ccc(-c2csc(=S)n2CC(=O)Nc2ccc(F)cc2F)cc1. The fourth-order valence-corrected chi connectivity index (χ4v) is 3.43. The first-order chi connectivity index (χ1) is 11.9. The van der Waals surface area contributed by atoms with Gasteiger partial charge in [-0.05, 0) is 36.8 Å². The molecule has 128 valence electrons. The van der Waals surface area contributed by atoms with Gasteiger partial charge < -0.3 is 9.88 Å². The number of aromatic nitrogens is 1. The maximum atomic E-state index is 13.7. The Morgan fingerprint density at radius 3 is 2.60 bits per heavy atom. The minimum atomic E-state index is -0.818. The van der Waals surface area contributed by atoms with Crippen LogP contribution < -0.4 is 5.32 Å². The highest BCUT2D eigenvalue weighted by molar-refractivity contribution is 7.73. The van der Waals surface area contributed by atoms with Crippen molar-refractivity contribution in [1.29, 1.82) is 0 Å². The molecule has 0 fully saturated rings. The predicted octanol–water partition coefficient (Wildman–Crippen LogP) is 5.17. The quantitative estimate of drug-likeness (QED) is 0.637. The van der Waals surface area contributed by atoms with E-state index >= 15 is 0 Å². The van der Waals surface area contributed by atoms with Gasteiger partial charge in [-0.15, -0.1) is 11.3 Å². The molecule has 1 amide bonds. The Balaban J connectivity index is 1.83. The monoisotopic (exact) mass is 376 g/mol. The van der Waals surface area contributed by atoms with E-state index in [9.17, 15) is 13.6 Å². The first kappa shape index (κ1) is 17.4. The van der Waals surface area contributed by atoms with Crippen molar-refractivity contribution in [1.82, 2.24) is 4.57 Å². The number of halogens is 2. The van der Waals surface area contributed by atoms with Crippen molar-refractivity contribution in [3.63, 3.8) is 0 Å². The number of thiazole rings is 1. The maximum absolute atomic E-state index is 13.7. The highest BCUT2D eigenvalue weighted by Gasteiger charge is 2.13. The number of anilines is 1. The van der Waals surface area contributed by atoms with Crippen molar-refractivity contribution in [3.05, 3.63) is 69.0 Å². The number of hydrogen-bond acceptors (Lipinski definition) is 3. The van der Waals surface area contributed by atoms with Crippen molar-refractivity contribution in [2.45, 2.75) is 13.5 Å². The van der Waals surface area contributed by atoms with E-state index < -0.39 is 17.5 Å². The molecule has 1 heterocycles. The Morgan fingerprint density at radius 1 is 1.20 bits per heavy atom. The zero-order valence-electron chi connectivity index (χ0n) is 13.3. The third kappa shape index (κ3) is 4.00. The van der Waals surface area contributed by atoms with E-state index in [4.69, 9.17) is 12.2 Å². The van der Waals surface area contributed by atoms with E-state index in [0.717, 1.165) is 29.0 Å². The first-order valence-corrected chi connectivity index (χ1v) is 8.73. The molecule has 2 aromatic carbocycles. The van der Waals surface area contributed by atoms with Gasteiger partial charge in [0.2, 0.25) is 5.91 Å². The molecule has 1 aromatic heterocycles. The van der Waals surface area contributed by atoms with Crippen LogP contribution in [0.15, 0.2) is 47.8 Å². The third-order valence-electron chi connectivity index (χ3n) is 3.64.